The molecule has 2 unspecified atom stereocenters. The van der Waals surface area contributed by atoms with Crippen molar-refractivity contribution in [2.45, 2.75) is 48.3 Å². The molecule has 9 heteroatoms. The number of anilines is 1. The van der Waals surface area contributed by atoms with Crippen LogP contribution in [0.3, 0.4) is 0 Å². The lowest BCUT2D eigenvalue weighted by atomic mass is 9.66. The molecule has 0 aromatic heterocycles. The van der Waals surface area contributed by atoms with Crippen LogP contribution in [-0.4, -0.2) is 69.1 Å². The molecular formula is C26H31ClN2O5S. The molecule has 6 atom stereocenters. The van der Waals surface area contributed by atoms with Crippen molar-refractivity contribution in [1.82, 2.24) is 4.90 Å². The van der Waals surface area contributed by atoms with E-state index in [1.807, 2.05) is 6.92 Å². The number of nitrogens with zero attached hydrogens (tertiary/aromatic N) is 2. The van der Waals surface area contributed by atoms with Crippen LogP contribution >= 0.6 is 23.4 Å². The molecule has 2 amide bonds. The molecule has 3 heterocycles. The van der Waals surface area contributed by atoms with Crippen molar-refractivity contribution in [1.29, 1.82) is 0 Å². The molecule has 3 fully saturated rings. The normalized spacial score (nSPS) is 31.7. The van der Waals surface area contributed by atoms with E-state index in [0.29, 0.717) is 23.6 Å². The molecule has 1 aromatic carbocycles. The highest BCUT2D eigenvalue weighted by molar-refractivity contribution is 8.02. The van der Waals surface area contributed by atoms with E-state index in [0.717, 1.165) is 0 Å². The van der Waals surface area contributed by atoms with E-state index in [2.05, 4.69) is 13.2 Å². The number of esters is 1. The van der Waals surface area contributed by atoms with Gasteiger partial charge in [-0.05, 0) is 38.8 Å². The summed E-state index contributed by atoms with van der Waals surface area (Å²) in [5.41, 5.74) is 0.522. The zero-order valence-corrected chi connectivity index (χ0v) is 21.6. The number of carbonyl (C=O) groups excluding carboxylic acids is 3. The number of amides is 2. The maximum absolute atomic E-state index is 14.3. The van der Waals surface area contributed by atoms with Gasteiger partial charge in [0.2, 0.25) is 5.91 Å². The second kappa shape index (κ2) is 9.64. The van der Waals surface area contributed by atoms with Gasteiger partial charge in [-0.2, -0.15) is 0 Å². The van der Waals surface area contributed by atoms with Gasteiger partial charge in [-0.25, -0.2) is 0 Å². The highest BCUT2D eigenvalue weighted by atomic mass is 35.5. The van der Waals surface area contributed by atoms with Gasteiger partial charge in [-0.1, -0.05) is 42.5 Å². The molecule has 1 spiro atoms. The first-order valence-electron chi connectivity index (χ1n) is 11.7. The van der Waals surface area contributed by atoms with Crippen LogP contribution in [0.25, 0.3) is 0 Å². The summed E-state index contributed by atoms with van der Waals surface area (Å²) >= 11 is 8.01. The Hall–Kier alpha value is -2.29. The first-order valence-corrected chi connectivity index (χ1v) is 12.9. The molecule has 188 valence electrons. The van der Waals surface area contributed by atoms with Crippen LogP contribution in [0.4, 0.5) is 5.69 Å². The average Bonchev–Trinajstić information content (AvgIpc) is 3.41. The smallest absolute Gasteiger partial charge is 0.311 e. The predicted octanol–water partition coefficient (Wildman–Crippen LogP) is 3.45. The van der Waals surface area contributed by atoms with Crippen molar-refractivity contribution < 1.29 is 24.2 Å². The van der Waals surface area contributed by atoms with Crippen LogP contribution in [0.1, 0.15) is 26.7 Å². The Morgan fingerprint density at radius 2 is 2.06 bits per heavy atom. The van der Waals surface area contributed by atoms with Crippen molar-refractivity contribution >= 4 is 46.8 Å². The van der Waals surface area contributed by atoms with E-state index in [1.165, 1.54) is 11.0 Å². The number of rotatable bonds is 9. The molecule has 7 nitrogen and oxygen atoms in total. The first-order chi connectivity index (χ1) is 16.7. The fraction of sp³-hybridized carbons (Fsp3) is 0.500. The molecule has 4 rings (SSSR count). The lowest BCUT2D eigenvalue weighted by molar-refractivity contribution is -0.155. The number of hydrogen-bond donors (Lipinski definition) is 1. The monoisotopic (exact) mass is 518 g/mol. The van der Waals surface area contributed by atoms with E-state index in [-0.39, 0.29) is 31.6 Å². The van der Waals surface area contributed by atoms with E-state index in [9.17, 15) is 19.5 Å². The summed E-state index contributed by atoms with van der Waals surface area (Å²) in [6, 6.07) is 5.56. The molecule has 3 aliphatic heterocycles. The Morgan fingerprint density at radius 3 is 2.69 bits per heavy atom. The van der Waals surface area contributed by atoms with E-state index in [1.54, 1.807) is 53.9 Å². The van der Waals surface area contributed by atoms with E-state index in [4.69, 9.17) is 16.3 Å². The number of hydrogen-bond acceptors (Lipinski definition) is 6. The summed E-state index contributed by atoms with van der Waals surface area (Å²) in [5, 5.41) is 10.4. The molecule has 0 radical (unpaired) electrons. The molecular weight excluding hydrogens is 488 g/mol. The average molecular weight is 519 g/mol. The minimum atomic E-state index is -0.873. The molecule has 3 aliphatic rings. The third-order valence-electron chi connectivity index (χ3n) is 7.51. The summed E-state index contributed by atoms with van der Waals surface area (Å²) in [6.07, 6.45) is 4.39. The van der Waals surface area contributed by atoms with Crippen LogP contribution < -0.4 is 4.90 Å². The van der Waals surface area contributed by atoms with Gasteiger partial charge < -0.3 is 19.6 Å². The number of likely N-dealkylation sites (tertiary alicyclic amines) is 1. The fourth-order valence-electron chi connectivity index (χ4n) is 6.05. The van der Waals surface area contributed by atoms with Crippen molar-refractivity contribution in [2.24, 2.45) is 11.8 Å². The summed E-state index contributed by atoms with van der Waals surface area (Å²) < 4.78 is 4.08. The van der Waals surface area contributed by atoms with Gasteiger partial charge in [-0.15, -0.1) is 18.3 Å². The summed E-state index contributed by atoms with van der Waals surface area (Å²) in [5.74, 6) is -2.44. The number of carbonyl (C=O) groups is 3. The minimum Gasteiger partial charge on any atom is -0.461 e. The third-order valence-corrected chi connectivity index (χ3v) is 9.81. The Labute approximate surface area is 215 Å². The highest BCUT2D eigenvalue weighted by Crippen LogP contribution is 2.71. The van der Waals surface area contributed by atoms with Gasteiger partial charge in [0.25, 0.3) is 5.91 Å². The van der Waals surface area contributed by atoms with Crippen LogP contribution in [0, 0.1) is 11.8 Å². The van der Waals surface area contributed by atoms with Crippen LogP contribution in [0.2, 0.25) is 5.02 Å². The number of thioether (sulfide) groups is 1. The van der Waals surface area contributed by atoms with Crippen molar-refractivity contribution in [3.8, 4) is 0 Å². The van der Waals surface area contributed by atoms with E-state index < -0.39 is 39.4 Å². The predicted molar refractivity (Wildman–Crippen MR) is 137 cm³/mol. The van der Waals surface area contributed by atoms with Gasteiger partial charge in [-0.3, -0.25) is 14.4 Å². The van der Waals surface area contributed by atoms with Crippen molar-refractivity contribution in [3.05, 3.63) is 54.6 Å². The number of halogens is 1. The standard InChI is InChI=1S/C26H31ClN2O5S/c1-5-13-28(18-10-8-7-9-17(18)27)23(32)21-26-12-11-25(4,35-26)20(24(33)34-14-6-2)19(26)22(31)29(21)16(3)15-30/h5-10,16,19-21,30H,1-2,11-15H2,3-4H3/t16-,19+,20-,21?,25+,26?/m1/s1. The van der Waals surface area contributed by atoms with Crippen LogP contribution in [0.15, 0.2) is 49.6 Å². The Balaban J connectivity index is 1.82. The number of ether oxygens (including phenoxy) is 1. The highest BCUT2D eigenvalue weighted by Gasteiger charge is 2.78. The Morgan fingerprint density at radius 1 is 1.34 bits per heavy atom. The molecule has 0 aliphatic carbocycles. The lowest BCUT2D eigenvalue weighted by Crippen LogP contribution is -2.57. The largest absolute Gasteiger partial charge is 0.461 e. The second-order valence-corrected chi connectivity index (χ2v) is 11.9. The second-order valence-electron chi connectivity index (χ2n) is 9.61. The quantitative estimate of drug-likeness (QED) is 0.398. The zero-order chi connectivity index (χ0) is 25.5. The van der Waals surface area contributed by atoms with Crippen molar-refractivity contribution in [2.75, 3.05) is 24.7 Å². The van der Waals surface area contributed by atoms with Crippen LogP contribution in [-0.2, 0) is 19.1 Å². The maximum atomic E-state index is 14.3. The number of aliphatic hydroxyl groups is 1. The SMILES string of the molecule is C=CCOC(=O)[C@H]1[C@H]2C(=O)N([C@H](C)CO)C(C(=O)N(CC=C)c3ccccc3Cl)C23CC[C@]1(C)S3. The molecule has 1 N–H and O–H groups in total. The van der Waals surface area contributed by atoms with Gasteiger partial charge in [0, 0.05) is 11.3 Å². The van der Waals surface area contributed by atoms with E-state index >= 15 is 0 Å². The molecule has 2 bridgehead atoms. The zero-order valence-electron chi connectivity index (χ0n) is 20.0. The number of benzene rings is 1. The third kappa shape index (κ3) is 3.90. The summed E-state index contributed by atoms with van der Waals surface area (Å²) in [6.45, 7) is 11.1. The number of para-hydroxylation sites is 1. The van der Waals surface area contributed by atoms with Crippen molar-refractivity contribution in [3.63, 3.8) is 0 Å². The molecule has 0 saturated carbocycles. The fourth-order valence-corrected chi connectivity index (χ4v) is 8.61. The number of fused-ring (bicyclic) bond motifs is 1. The Kier molecular flexibility index (Phi) is 7.10. The number of aliphatic hydroxyl groups excluding tert-OH is 1. The molecule has 35 heavy (non-hydrogen) atoms. The molecule has 3 saturated heterocycles. The van der Waals surface area contributed by atoms with Gasteiger partial charge in [0.15, 0.2) is 0 Å². The molecule has 1 aromatic rings. The van der Waals surface area contributed by atoms with Gasteiger partial charge >= 0.3 is 5.97 Å². The van der Waals surface area contributed by atoms with Gasteiger partial charge in [0.05, 0.1) is 39.9 Å². The topological polar surface area (TPSA) is 87.1 Å². The maximum Gasteiger partial charge on any atom is 0.311 e. The van der Waals surface area contributed by atoms with Crippen LogP contribution in [0.5, 0.6) is 0 Å². The summed E-state index contributed by atoms with van der Waals surface area (Å²) in [4.78, 5) is 44.5. The Bertz CT molecular complexity index is 1070. The van der Waals surface area contributed by atoms with Gasteiger partial charge in [0.1, 0.15) is 12.6 Å². The minimum absolute atomic E-state index is 0.0583. The summed E-state index contributed by atoms with van der Waals surface area (Å²) in [7, 11) is 0. The first kappa shape index (κ1) is 25.8. The lowest BCUT2D eigenvalue weighted by Gasteiger charge is -2.39.